The highest BCUT2D eigenvalue weighted by Gasteiger charge is 2.28. The minimum atomic E-state index is -0.437. The maximum absolute atomic E-state index is 12.9. The molecule has 2 aromatic rings. The van der Waals surface area contributed by atoms with Crippen molar-refractivity contribution in [1.29, 1.82) is 0 Å². The van der Waals surface area contributed by atoms with E-state index in [0.717, 1.165) is 5.56 Å². The molecule has 0 saturated carbocycles. The predicted octanol–water partition coefficient (Wildman–Crippen LogP) is 3.94. The fraction of sp³-hybridized carbons (Fsp3) is 0.360. The van der Waals surface area contributed by atoms with Gasteiger partial charge < -0.3 is 9.47 Å². The van der Waals surface area contributed by atoms with Crippen LogP contribution >= 0.6 is 0 Å². The van der Waals surface area contributed by atoms with Crippen LogP contribution in [0.2, 0.25) is 0 Å². The van der Waals surface area contributed by atoms with E-state index in [1.54, 1.807) is 31.2 Å². The molecule has 0 fully saturated rings. The van der Waals surface area contributed by atoms with Crippen molar-refractivity contribution in [1.82, 2.24) is 0 Å². The van der Waals surface area contributed by atoms with Gasteiger partial charge in [0, 0.05) is 17.5 Å². The van der Waals surface area contributed by atoms with Crippen LogP contribution in [0.5, 0.6) is 5.75 Å². The molecule has 0 unspecified atom stereocenters. The summed E-state index contributed by atoms with van der Waals surface area (Å²) in [6.07, 6.45) is -0.0265. The van der Waals surface area contributed by atoms with E-state index in [1.807, 2.05) is 12.1 Å². The molecule has 0 saturated heterocycles. The number of fused-ring (bicyclic) bond motifs is 1. The van der Waals surface area contributed by atoms with E-state index in [4.69, 9.17) is 9.47 Å². The van der Waals surface area contributed by atoms with Gasteiger partial charge in [0.15, 0.2) is 18.2 Å². The van der Waals surface area contributed by atoms with E-state index in [2.05, 4.69) is 13.8 Å². The van der Waals surface area contributed by atoms with Crippen molar-refractivity contribution in [2.45, 2.75) is 39.5 Å². The van der Waals surface area contributed by atoms with Crippen LogP contribution in [0.1, 0.15) is 65.8 Å². The molecule has 0 aliphatic carbocycles. The van der Waals surface area contributed by atoms with Gasteiger partial charge in [-0.1, -0.05) is 38.1 Å². The van der Waals surface area contributed by atoms with Gasteiger partial charge in [-0.15, -0.1) is 0 Å². The van der Waals surface area contributed by atoms with Crippen LogP contribution in [0.4, 0.5) is 5.69 Å². The lowest BCUT2D eigenvalue weighted by molar-refractivity contribution is -0.143. The smallest absolute Gasteiger partial charge is 0.306 e. The van der Waals surface area contributed by atoms with Crippen LogP contribution < -0.4 is 9.64 Å². The fourth-order valence-corrected chi connectivity index (χ4v) is 3.43. The number of amides is 1. The zero-order chi connectivity index (χ0) is 23.3. The molecule has 1 heterocycles. The van der Waals surface area contributed by atoms with Crippen molar-refractivity contribution in [3.05, 3.63) is 59.2 Å². The number of carbonyl (C=O) groups is 4. The first-order valence-corrected chi connectivity index (χ1v) is 10.7. The van der Waals surface area contributed by atoms with Gasteiger partial charge in [-0.25, -0.2) is 0 Å². The van der Waals surface area contributed by atoms with Gasteiger partial charge in [0.1, 0.15) is 5.75 Å². The lowest BCUT2D eigenvalue weighted by Crippen LogP contribution is -2.42. The molecule has 1 aliphatic rings. The van der Waals surface area contributed by atoms with Gasteiger partial charge in [-0.05, 0) is 36.6 Å². The Morgan fingerprint density at radius 1 is 1.00 bits per heavy atom. The van der Waals surface area contributed by atoms with Crippen molar-refractivity contribution in [2.75, 3.05) is 24.7 Å². The van der Waals surface area contributed by atoms with Crippen LogP contribution in [0.25, 0.3) is 0 Å². The minimum absolute atomic E-state index is 0.00639. The quantitative estimate of drug-likeness (QED) is 0.436. The van der Waals surface area contributed by atoms with Gasteiger partial charge in [-0.3, -0.25) is 24.1 Å². The summed E-state index contributed by atoms with van der Waals surface area (Å²) >= 11 is 0. The summed E-state index contributed by atoms with van der Waals surface area (Å²) in [7, 11) is 0. The van der Waals surface area contributed by atoms with E-state index < -0.39 is 5.97 Å². The first-order valence-electron chi connectivity index (χ1n) is 10.7. The van der Waals surface area contributed by atoms with Gasteiger partial charge >= 0.3 is 5.97 Å². The summed E-state index contributed by atoms with van der Waals surface area (Å²) < 4.78 is 10.3. The highest BCUT2D eigenvalue weighted by molar-refractivity contribution is 6.08. The Balaban J connectivity index is 1.78. The monoisotopic (exact) mass is 437 g/mol. The number of carbonyl (C=O) groups excluding carboxylic acids is 4. The molecule has 32 heavy (non-hydrogen) atoms. The second kappa shape index (κ2) is 10.2. The molecule has 0 N–H and O–H groups in total. The zero-order valence-corrected chi connectivity index (χ0v) is 18.6. The first-order chi connectivity index (χ1) is 15.3. The summed E-state index contributed by atoms with van der Waals surface area (Å²) in [6.45, 7) is 5.78. The van der Waals surface area contributed by atoms with Crippen molar-refractivity contribution < 1.29 is 28.7 Å². The average Bonchev–Trinajstić information content (AvgIpc) is 2.79. The Morgan fingerprint density at radius 2 is 1.69 bits per heavy atom. The molecule has 1 aliphatic heterocycles. The Morgan fingerprint density at radius 3 is 2.34 bits per heavy atom. The molecule has 2 aromatic carbocycles. The van der Waals surface area contributed by atoms with Gasteiger partial charge in [0.25, 0.3) is 5.91 Å². The number of esters is 1. The van der Waals surface area contributed by atoms with E-state index in [0.29, 0.717) is 28.5 Å². The number of anilines is 1. The topological polar surface area (TPSA) is 90.0 Å². The highest BCUT2D eigenvalue weighted by atomic mass is 16.5. The molecule has 7 heteroatoms. The molecule has 0 aromatic heterocycles. The third-order valence-electron chi connectivity index (χ3n) is 5.29. The zero-order valence-electron chi connectivity index (χ0n) is 18.6. The van der Waals surface area contributed by atoms with Crippen LogP contribution in [0, 0.1) is 0 Å². The normalized spacial score (nSPS) is 12.9. The summed E-state index contributed by atoms with van der Waals surface area (Å²) in [6, 6.07) is 12.1. The van der Waals surface area contributed by atoms with Crippen LogP contribution in [-0.2, 0) is 14.3 Å². The predicted molar refractivity (Wildman–Crippen MR) is 119 cm³/mol. The molecule has 168 valence electrons. The molecular formula is C25H27NO6. The van der Waals surface area contributed by atoms with Crippen molar-refractivity contribution in [2.24, 2.45) is 0 Å². The lowest BCUT2D eigenvalue weighted by Gasteiger charge is -2.29. The number of rotatable bonds is 9. The van der Waals surface area contributed by atoms with Crippen molar-refractivity contribution >= 4 is 29.1 Å². The Bertz CT molecular complexity index is 1030. The number of hydrogen-bond donors (Lipinski definition) is 0. The summed E-state index contributed by atoms with van der Waals surface area (Å²) in [4.78, 5) is 50.8. The standard InChI is InChI=1S/C25H27NO6/c1-4-31-25(30)12-10-21(27)19-9-11-23-20(13-19)26(24(29)15-32-23)14-22(28)18-7-5-17(6-8-18)16(2)3/h5-9,11,13,16H,4,10,12,14-15H2,1-3H3. The van der Waals surface area contributed by atoms with E-state index in [1.165, 1.54) is 11.0 Å². The Kier molecular flexibility index (Phi) is 7.41. The molecule has 7 nitrogen and oxygen atoms in total. The molecule has 0 radical (unpaired) electrons. The Labute approximate surface area is 187 Å². The maximum atomic E-state index is 12.9. The molecule has 0 atom stereocenters. The van der Waals surface area contributed by atoms with Crippen molar-refractivity contribution in [3.8, 4) is 5.75 Å². The largest absolute Gasteiger partial charge is 0.482 e. The van der Waals surface area contributed by atoms with E-state index in [9.17, 15) is 19.2 Å². The second-order valence-corrected chi connectivity index (χ2v) is 7.88. The molecular weight excluding hydrogens is 410 g/mol. The molecule has 3 rings (SSSR count). The van der Waals surface area contributed by atoms with Gasteiger partial charge in [0.05, 0.1) is 25.3 Å². The summed E-state index contributed by atoms with van der Waals surface area (Å²) in [5.41, 5.74) is 2.35. The number of hydrogen-bond acceptors (Lipinski definition) is 6. The summed E-state index contributed by atoms with van der Waals surface area (Å²) in [5, 5.41) is 0. The number of nitrogens with zero attached hydrogens (tertiary/aromatic N) is 1. The number of Topliss-reactive ketones (excluding diaryl/α,β-unsaturated/α-hetero) is 2. The van der Waals surface area contributed by atoms with Crippen LogP contribution in [0.3, 0.4) is 0 Å². The fourth-order valence-electron chi connectivity index (χ4n) is 3.43. The summed E-state index contributed by atoms with van der Waals surface area (Å²) in [5.74, 6) is -0.482. The maximum Gasteiger partial charge on any atom is 0.306 e. The third kappa shape index (κ3) is 5.41. The Hall–Kier alpha value is -3.48. The van der Waals surface area contributed by atoms with Gasteiger partial charge in [0.2, 0.25) is 0 Å². The minimum Gasteiger partial charge on any atom is -0.482 e. The number of benzene rings is 2. The lowest BCUT2D eigenvalue weighted by atomic mass is 10.00. The third-order valence-corrected chi connectivity index (χ3v) is 5.29. The van der Waals surface area contributed by atoms with Gasteiger partial charge in [-0.2, -0.15) is 0 Å². The van der Waals surface area contributed by atoms with E-state index >= 15 is 0 Å². The molecule has 1 amide bonds. The first kappa shape index (κ1) is 23.2. The SMILES string of the molecule is CCOC(=O)CCC(=O)c1ccc2c(c1)N(CC(=O)c1ccc(C(C)C)cc1)C(=O)CO2. The number of ether oxygens (including phenoxy) is 2. The number of ketones is 2. The van der Waals surface area contributed by atoms with Crippen molar-refractivity contribution in [3.63, 3.8) is 0 Å². The molecule has 0 spiro atoms. The van der Waals surface area contributed by atoms with Crippen LogP contribution in [-0.4, -0.2) is 43.2 Å². The van der Waals surface area contributed by atoms with E-state index in [-0.39, 0.29) is 50.1 Å². The highest BCUT2D eigenvalue weighted by Crippen LogP contribution is 2.33. The second-order valence-electron chi connectivity index (χ2n) is 7.88. The average molecular weight is 437 g/mol. The van der Waals surface area contributed by atoms with Crippen LogP contribution in [0.15, 0.2) is 42.5 Å². The molecule has 0 bridgehead atoms.